The van der Waals surface area contributed by atoms with Crippen LogP contribution in [0.1, 0.15) is 25.3 Å². The van der Waals surface area contributed by atoms with Crippen molar-refractivity contribution in [1.82, 2.24) is 0 Å². The first-order valence-corrected chi connectivity index (χ1v) is 5.09. The third-order valence-electron chi connectivity index (χ3n) is 2.27. The van der Waals surface area contributed by atoms with Gasteiger partial charge in [-0.25, -0.2) is 0 Å². The van der Waals surface area contributed by atoms with E-state index in [1.54, 1.807) is 14.2 Å². The van der Waals surface area contributed by atoms with Gasteiger partial charge in [-0.2, -0.15) is 0 Å². The number of hydrogen-bond donors (Lipinski definition) is 1. The molecule has 0 unspecified atom stereocenters. The van der Waals surface area contributed by atoms with E-state index < -0.39 is 0 Å². The van der Waals surface area contributed by atoms with E-state index in [9.17, 15) is 0 Å². The summed E-state index contributed by atoms with van der Waals surface area (Å²) in [6.45, 7) is 4.82. The van der Waals surface area contributed by atoms with Crippen molar-refractivity contribution < 1.29 is 9.47 Å². The van der Waals surface area contributed by atoms with Crippen LogP contribution in [0.5, 0.6) is 5.75 Å². The van der Waals surface area contributed by atoms with Crippen molar-refractivity contribution in [2.24, 2.45) is 0 Å². The fraction of sp³-hybridized carbons (Fsp3) is 0.500. The van der Waals surface area contributed by atoms with Crippen molar-refractivity contribution in [2.45, 2.75) is 19.8 Å². The molecule has 0 heterocycles. The molecule has 0 fully saturated rings. The first-order chi connectivity index (χ1) is 7.19. The lowest BCUT2D eigenvalue weighted by Gasteiger charge is -2.14. The zero-order valence-corrected chi connectivity index (χ0v) is 9.83. The van der Waals surface area contributed by atoms with Crippen LogP contribution in [0.2, 0.25) is 0 Å². The van der Waals surface area contributed by atoms with Gasteiger partial charge >= 0.3 is 0 Å². The second kappa shape index (κ2) is 5.61. The smallest absolute Gasteiger partial charge is 0.122 e. The molecule has 3 nitrogen and oxygen atoms in total. The number of methoxy groups -OCH3 is 2. The van der Waals surface area contributed by atoms with Crippen LogP contribution in [0.25, 0.3) is 0 Å². The summed E-state index contributed by atoms with van der Waals surface area (Å²) in [4.78, 5) is 0. The second-order valence-electron chi connectivity index (χ2n) is 3.72. The van der Waals surface area contributed by atoms with Gasteiger partial charge in [-0.1, -0.05) is 13.8 Å². The molecule has 0 spiro atoms. The standard InChI is InChI=1S/C12H19NO2/c1-9(2)11-7-10(13-8-14-3)5-6-12(11)15-4/h5-7,9,13H,8H2,1-4H3. The Morgan fingerprint density at radius 1 is 1.27 bits per heavy atom. The molecule has 0 aliphatic carbocycles. The van der Waals surface area contributed by atoms with Crippen LogP contribution in [0.3, 0.4) is 0 Å². The molecule has 0 bridgehead atoms. The maximum Gasteiger partial charge on any atom is 0.122 e. The van der Waals surface area contributed by atoms with E-state index in [0.29, 0.717) is 12.6 Å². The lowest BCUT2D eigenvalue weighted by atomic mass is 10.0. The third-order valence-corrected chi connectivity index (χ3v) is 2.27. The fourth-order valence-corrected chi connectivity index (χ4v) is 1.45. The second-order valence-corrected chi connectivity index (χ2v) is 3.72. The maximum absolute atomic E-state index is 5.31. The maximum atomic E-state index is 5.31. The van der Waals surface area contributed by atoms with Crippen molar-refractivity contribution in [1.29, 1.82) is 0 Å². The summed E-state index contributed by atoms with van der Waals surface area (Å²) in [5.74, 6) is 1.39. The number of hydrogen-bond acceptors (Lipinski definition) is 3. The summed E-state index contributed by atoms with van der Waals surface area (Å²) < 4.78 is 10.3. The van der Waals surface area contributed by atoms with Crippen LogP contribution in [-0.2, 0) is 4.74 Å². The zero-order chi connectivity index (χ0) is 11.3. The van der Waals surface area contributed by atoms with Gasteiger partial charge in [0.15, 0.2) is 0 Å². The number of anilines is 1. The van der Waals surface area contributed by atoms with Gasteiger partial charge in [0.25, 0.3) is 0 Å². The van der Waals surface area contributed by atoms with Crippen LogP contribution in [-0.4, -0.2) is 21.0 Å². The number of nitrogens with one attached hydrogen (secondary N) is 1. The van der Waals surface area contributed by atoms with E-state index in [4.69, 9.17) is 9.47 Å². The summed E-state index contributed by atoms with van der Waals surface area (Å²) in [5.41, 5.74) is 2.26. The quantitative estimate of drug-likeness (QED) is 0.756. The summed E-state index contributed by atoms with van der Waals surface area (Å²) in [6, 6.07) is 6.07. The Balaban J connectivity index is 2.89. The minimum Gasteiger partial charge on any atom is -0.496 e. The molecular weight excluding hydrogens is 190 g/mol. The average molecular weight is 209 g/mol. The van der Waals surface area contributed by atoms with E-state index in [-0.39, 0.29) is 0 Å². The molecule has 3 heteroatoms. The van der Waals surface area contributed by atoms with E-state index in [2.05, 4.69) is 25.2 Å². The van der Waals surface area contributed by atoms with E-state index in [1.807, 2.05) is 12.1 Å². The summed E-state index contributed by atoms with van der Waals surface area (Å²) in [6.07, 6.45) is 0. The van der Waals surface area contributed by atoms with E-state index >= 15 is 0 Å². The highest BCUT2D eigenvalue weighted by Gasteiger charge is 2.07. The van der Waals surface area contributed by atoms with Gasteiger partial charge in [0.1, 0.15) is 12.5 Å². The summed E-state index contributed by atoms with van der Waals surface area (Å²) in [7, 11) is 3.36. The molecule has 0 amide bonds. The molecule has 0 atom stereocenters. The molecule has 0 saturated heterocycles. The van der Waals surface area contributed by atoms with Gasteiger partial charge in [0.2, 0.25) is 0 Å². The van der Waals surface area contributed by atoms with Crippen molar-refractivity contribution in [3.63, 3.8) is 0 Å². The molecule has 0 aliphatic rings. The molecular formula is C12H19NO2. The Bertz CT molecular complexity index is 310. The Hall–Kier alpha value is -1.22. The van der Waals surface area contributed by atoms with Crippen molar-refractivity contribution in [2.75, 3.05) is 26.3 Å². The van der Waals surface area contributed by atoms with Gasteiger partial charge in [-0.3, -0.25) is 0 Å². The molecule has 15 heavy (non-hydrogen) atoms. The van der Waals surface area contributed by atoms with Crippen LogP contribution in [0, 0.1) is 0 Å². The Morgan fingerprint density at radius 2 is 2.00 bits per heavy atom. The molecule has 1 rings (SSSR count). The minimum atomic E-state index is 0.448. The highest BCUT2D eigenvalue weighted by molar-refractivity contribution is 5.52. The Labute approximate surface area is 91.4 Å². The highest BCUT2D eigenvalue weighted by Crippen LogP contribution is 2.28. The van der Waals surface area contributed by atoms with E-state index in [0.717, 1.165) is 11.4 Å². The summed E-state index contributed by atoms with van der Waals surface area (Å²) >= 11 is 0. The molecule has 84 valence electrons. The topological polar surface area (TPSA) is 30.5 Å². The monoisotopic (exact) mass is 209 g/mol. The first-order valence-electron chi connectivity index (χ1n) is 5.09. The average Bonchev–Trinajstić information content (AvgIpc) is 2.25. The van der Waals surface area contributed by atoms with Crippen molar-refractivity contribution >= 4 is 5.69 Å². The predicted octanol–water partition coefficient (Wildman–Crippen LogP) is 2.83. The Morgan fingerprint density at radius 3 is 2.53 bits per heavy atom. The zero-order valence-electron chi connectivity index (χ0n) is 9.83. The largest absolute Gasteiger partial charge is 0.496 e. The van der Waals surface area contributed by atoms with Gasteiger partial charge in [0.05, 0.1) is 7.11 Å². The lowest BCUT2D eigenvalue weighted by molar-refractivity contribution is 0.221. The molecule has 0 saturated carbocycles. The molecule has 0 aromatic heterocycles. The normalized spacial score (nSPS) is 10.5. The summed E-state index contributed by atoms with van der Waals surface area (Å²) in [5, 5.41) is 3.16. The minimum absolute atomic E-state index is 0.448. The van der Waals surface area contributed by atoms with Gasteiger partial charge in [0, 0.05) is 12.8 Å². The lowest BCUT2D eigenvalue weighted by Crippen LogP contribution is -2.04. The van der Waals surface area contributed by atoms with Gasteiger partial charge < -0.3 is 14.8 Å². The van der Waals surface area contributed by atoms with Crippen LogP contribution >= 0.6 is 0 Å². The first kappa shape index (κ1) is 11.9. The molecule has 1 aromatic carbocycles. The third kappa shape index (κ3) is 3.13. The molecule has 1 aromatic rings. The van der Waals surface area contributed by atoms with Crippen LogP contribution in [0.15, 0.2) is 18.2 Å². The Kier molecular flexibility index (Phi) is 4.43. The van der Waals surface area contributed by atoms with E-state index in [1.165, 1.54) is 5.56 Å². The van der Waals surface area contributed by atoms with Crippen molar-refractivity contribution in [3.8, 4) is 5.75 Å². The molecule has 0 radical (unpaired) electrons. The SMILES string of the molecule is COCNc1ccc(OC)c(C(C)C)c1. The van der Waals surface area contributed by atoms with Crippen molar-refractivity contribution in [3.05, 3.63) is 23.8 Å². The van der Waals surface area contributed by atoms with Gasteiger partial charge in [-0.15, -0.1) is 0 Å². The predicted molar refractivity (Wildman–Crippen MR) is 62.6 cm³/mol. The van der Waals surface area contributed by atoms with Crippen LogP contribution in [0.4, 0.5) is 5.69 Å². The van der Waals surface area contributed by atoms with Gasteiger partial charge in [-0.05, 0) is 29.7 Å². The molecule has 0 aliphatic heterocycles. The molecule has 1 N–H and O–H groups in total. The number of rotatable bonds is 5. The number of ether oxygens (including phenoxy) is 2. The highest BCUT2D eigenvalue weighted by atomic mass is 16.5. The fourth-order valence-electron chi connectivity index (χ4n) is 1.45. The number of benzene rings is 1. The van der Waals surface area contributed by atoms with Crippen LogP contribution < -0.4 is 10.1 Å².